The number of benzene rings is 2. The first-order valence-corrected chi connectivity index (χ1v) is 13.1. The highest BCUT2D eigenvalue weighted by molar-refractivity contribution is 7.99. The Bertz CT molecular complexity index is 1320. The monoisotopic (exact) mass is 535 g/mol. The lowest BCUT2D eigenvalue weighted by atomic mass is 10.1. The average Bonchev–Trinajstić information content (AvgIpc) is 3.31. The molecule has 0 spiro atoms. The van der Waals surface area contributed by atoms with Crippen LogP contribution in [0.2, 0.25) is 0 Å². The minimum Gasteiger partial charge on any atom is -0.493 e. The number of nitrogens with one attached hydrogen (secondary N) is 2. The van der Waals surface area contributed by atoms with Crippen LogP contribution in [0.1, 0.15) is 29.4 Å². The maximum Gasteiger partial charge on any atom is 0.244 e. The minimum atomic E-state index is -0.286. The van der Waals surface area contributed by atoms with Crippen LogP contribution in [0.4, 0.5) is 5.69 Å². The Hall–Kier alpha value is -4.05. The van der Waals surface area contributed by atoms with E-state index in [1.165, 1.54) is 17.8 Å². The van der Waals surface area contributed by atoms with Crippen molar-refractivity contribution in [3.8, 4) is 11.5 Å². The molecule has 0 aliphatic heterocycles. The normalized spacial score (nSPS) is 10.8. The summed E-state index contributed by atoms with van der Waals surface area (Å²) in [5, 5.41) is 14.9. The Morgan fingerprint density at radius 2 is 1.92 bits per heavy atom. The van der Waals surface area contributed by atoms with Gasteiger partial charge in [-0.3, -0.25) is 9.59 Å². The standard InChI is InChI=1S/C28H33N5O4S/c1-6-15-33-24(17-29-25(34)14-12-20-11-13-22(36-4)23(16-20)37-5)31-32-28(33)38-18-26(35)30-27-19(3)9-8-10-21(27)7-2/h6,8-14,16H,1,7,15,17-18H2,2-5H3,(H,29,34)(H,30,35)/b14-12+. The first-order chi connectivity index (χ1) is 18.4. The van der Waals surface area contributed by atoms with Gasteiger partial charge in [-0.05, 0) is 48.2 Å². The number of rotatable bonds is 13. The van der Waals surface area contributed by atoms with Gasteiger partial charge in [-0.1, -0.05) is 49.0 Å². The molecule has 0 unspecified atom stereocenters. The van der Waals surface area contributed by atoms with Gasteiger partial charge in [0, 0.05) is 18.3 Å². The summed E-state index contributed by atoms with van der Waals surface area (Å²) in [5.74, 6) is 1.52. The van der Waals surface area contributed by atoms with Gasteiger partial charge in [0.1, 0.15) is 0 Å². The number of hydrogen-bond donors (Lipinski definition) is 2. The predicted octanol–water partition coefficient (Wildman–Crippen LogP) is 4.41. The molecule has 0 fully saturated rings. The summed E-state index contributed by atoms with van der Waals surface area (Å²) >= 11 is 1.28. The third kappa shape index (κ3) is 7.48. The van der Waals surface area contributed by atoms with E-state index in [4.69, 9.17) is 9.47 Å². The Balaban J connectivity index is 1.60. The van der Waals surface area contributed by atoms with Gasteiger partial charge < -0.3 is 24.7 Å². The van der Waals surface area contributed by atoms with Crippen LogP contribution >= 0.6 is 11.8 Å². The van der Waals surface area contributed by atoms with Crippen LogP contribution in [-0.2, 0) is 29.1 Å². The Morgan fingerprint density at radius 1 is 1.13 bits per heavy atom. The number of anilines is 1. The largest absolute Gasteiger partial charge is 0.493 e. The van der Waals surface area contributed by atoms with E-state index in [9.17, 15) is 9.59 Å². The van der Waals surface area contributed by atoms with Gasteiger partial charge >= 0.3 is 0 Å². The molecule has 0 aliphatic carbocycles. The van der Waals surface area contributed by atoms with E-state index in [1.807, 2.05) is 35.8 Å². The van der Waals surface area contributed by atoms with E-state index < -0.39 is 0 Å². The second kappa shape index (κ2) is 14.0. The number of carbonyl (C=O) groups is 2. The molecule has 0 saturated carbocycles. The summed E-state index contributed by atoms with van der Waals surface area (Å²) in [7, 11) is 3.13. The molecule has 0 aliphatic rings. The number of allylic oxidation sites excluding steroid dienone is 1. The SMILES string of the molecule is C=CCn1c(CNC(=O)/C=C/c2ccc(OC)c(OC)c2)nnc1SCC(=O)Nc1c(C)cccc1CC. The van der Waals surface area contributed by atoms with Gasteiger partial charge in [0.2, 0.25) is 11.8 Å². The number of aromatic nitrogens is 3. The molecule has 38 heavy (non-hydrogen) atoms. The Labute approximate surface area is 227 Å². The van der Waals surface area contributed by atoms with Crippen LogP contribution in [0.3, 0.4) is 0 Å². The quantitative estimate of drug-likeness (QED) is 0.190. The van der Waals surface area contributed by atoms with Crippen molar-refractivity contribution in [2.24, 2.45) is 0 Å². The molecule has 2 aromatic carbocycles. The van der Waals surface area contributed by atoms with E-state index in [-0.39, 0.29) is 24.1 Å². The molecule has 2 amide bonds. The number of nitrogens with zero attached hydrogens (tertiary/aromatic N) is 3. The van der Waals surface area contributed by atoms with Gasteiger partial charge in [0.15, 0.2) is 22.5 Å². The number of thioether (sulfide) groups is 1. The number of para-hydroxylation sites is 1. The highest BCUT2D eigenvalue weighted by atomic mass is 32.2. The van der Waals surface area contributed by atoms with Gasteiger partial charge in [-0.2, -0.15) is 0 Å². The Kier molecular flexibility index (Phi) is 10.5. The van der Waals surface area contributed by atoms with E-state index >= 15 is 0 Å². The zero-order chi connectivity index (χ0) is 27.5. The van der Waals surface area contributed by atoms with Crippen molar-refractivity contribution in [2.45, 2.75) is 38.5 Å². The number of aryl methyl sites for hydroxylation is 2. The van der Waals surface area contributed by atoms with Crippen LogP contribution in [-0.4, -0.2) is 46.6 Å². The lowest BCUT2D eigenvalue weighted by molar-refractivity contribution is -0.116. The molecule has 0 radical (unpaired) electrons. The van der Waals surface area contributed by atoms with Crippen molar-refractivity contribution >= 4 is 35.3 Å². The molecule has 1 heterocycles. The lowest BCUT2D eigenvalue weighted by Crippen LogP contribution is -2.23. The molecule has 3 aromatic rings. The van der Waals surface area contributed by atoms with Crippen LogP contribution in [0, 0.1) is 6.92 Å². The van der Waals surface area contributed by atoms with Gasteiger partial charge in [0.05, 0.1) is 26.5 Å². The summed E-state index contributed by atoms with van der Waals surface area (Å²) in [4.78, 5) is 25.1. The molecule has 2 N–H and O–H groups in total. The van der Waals surface area contributed by atoms with E-state index in [2.05, 4.69) is 34.3 Å². The maximum absolute atomic E-state index is 12.7. The van der Waals surface area contributed by atoms with Crippen molar-refractivity contribution < 1.29 is 19.1 Å². The fraction of sp³-hybridized carbons (Fsp3) is 0.286. The fourth-order valence-corrected chi connectivity index (χ4v) is 4.50. The number of carbonyl (C=O) groups excluding carboxylic acids is 2. The smallest absolute Gasteiger partial charge is 0.244 e. The molecule has 0 saturated heterocycles. The lowest BCUT2D eigenvalue weighted by Gasteiger charge is -2.13. The summed E-state index contributed by atoms with van der Waals surface area (Å²) in [6, 6.07) is 11.4. The molecule has 3 rings (SSSR count). The number of hydrogen-bond acceptors (Lipinski definition) is 7. The minimum absolute atomic E-state index is 0.123. The first-order valence-electron chi connectivity index (χ1n) is 12.1. The summed E-state index contributed by atoms with van der Waals surface area (Å²) < 4.78 is 12.4. The fourth-order valence-electron chi connectivity index (χ4n) is 3.73. The molecule has 9 nitrogen and oxygen atoms in total. The molecular formula is C28H33N5O4S. The zero-order valence-electron chi connectivity index (χ0n) is 22.1. The first kappa shape index (κ1) is 28.5. The second-order valence-corrected chi connectivity index (χ2v) is 9.21. The molecule has 10 heteroatoms. The Morgan fingerprint density at radius 3 is 2.63 bits per heavy atom. The third-order valence-electron chi connectivity index (χ3n) is 5.70. The maximum atomic E-state index is 12.7. The molecule has 200 valence electrons. The van der Waals surface area contributed by atoms with Gasteiger partial charge in [-0.25, -0.2) is 0 Å². The molecule has 0 atom stereocenters. The molecule has 0 bridgehead atoms. The van der Waals surface area contributed by atoms with Gasteiger partial charge in [-0.15, -0.1) is 16.8 Å². The number of ether oxygens (including phenoxy) is 2. The van der Waals surface area contributed by atoms with Crippen LogP contribution < -0.4 is 20.1 Å². The highest BCUT2D eigenvalue weighted by Gasteiger charge is 2.15. The van der Waals surface area contributed by atoms with Crippen molar-refractivity contribution in [1.82, 2.24) is 20.1 Å². The third-order valence-corrected chi connectivity index (χ3v) is 6.66. The summed E-state index contributed by atoms with van der Waals surface area (Å²) in [6.45, 7) is 8.46. The van der Waals surface area contributed by atoms with Crippen molar-refractivity contribution in [1.29, 1.82) is 0 Å². The van der Waals surface area contributed by atoms with Crippen molar-refractivity contribution in [2.75, 3.05) is 25.3 Å². The van der Waals surface area contributed by atoms with E-state index in [1.54, 1.807) is 38.5 Å². The predicted molar refractivity (Wildman–Crippen MR) is 151 cm³/mol. The van der Waals surface area contributed by atoms with Crippen molar-refractivity contribution in [3.63, 3.8) is 0 Å². The highest BCUT2D eigenvalue weighted by Crippen LogP contribution is 2.28. The van der Waals surface area contributed by atoms with Crippen LogP contribution in [0.5, 0.6) is 11.5 Å². The molecule has 1 aromatic heterocycles. The van der Waals surface area contributed by atoms with E-state index in [0.717, 1.165) is 28.8 Å². The topological polar surface area (TPSA) is 107 Å². The number of amides is 2. The number of methoxy groups -OCH3 is 2. The van der Waals surface area contributed by atoms with Crippen LogP contribution in [0.25, 0.3) is 6.08 Å². The van der Waals surface area contributed by atoms with Crippen LogP contribution in [0.15, 0.2) is 60.3 Å². The van der Waals surface area contributed by atoms with Crippen molar-refractivity contribution in [3.05, 3.63) is 77.6 Å². The van der Waals surface area contributed by atoms with E-state index in [0.29, 0.717) is 29.0 Å². The average molecular weight is 536 g/mol. The summed E-state index contributed by atoms with van der Waals surface area (Å²) in [6.07, 6.45) is 5.67. The zero-order valence-corrected chi connectivity index (χ0v) is 22.9. The second-order valence-electron chi connectivity index (χ2n) is 8.26. The van der Waals surface area contributed by atoms with Gasteiger partial charge in [0.25, 0.3) is 0 Å². The summed E-state index contributed by atoms with van der Waals surface area (Å²) in [5.41, 5.74) is 3.77. The molecular weight excluding hydrogens is 502 g/mol.